The molecule has 1 amide bonds. The highest BCUT2D eigenvalue weighted by Crippen LogP contribution is 2.22. The molecule has 0 bridgehead atoms. The van der Waals surface area contributed by atoms with Crippen molar-refractivity contribution in [1.82, 2.24) is 0 Å². The number of nitrogens with one attached hydrogen (secondary N) is 1. The van der Waals surface area contributed by atoms with E-state index < -0.39 is 0 Å². The lowest BCUT2D eigenvalue weighted by molar-refractivity contribution is 0.102. The monoisotopic (exact) mass is 348 g/mol. The van der Waals surface area contributed by atoms with Crippen LogP contribution in [0.5, 0.6) is 0 Å². The molecule has 2 aromatic rings. The molecule has 2 rings (SSSR count). The van der Waals surface area contributed by atoms with Crippen LogP contribution in [0.4, 0.5) is 5.69 Å². The molecule has 0 aliphatic heterocycles. The van der Waals surface area contributed by atoms with E-state index in [0.29, 0.717) is 16.2 Å². The smallest absolute Gasteiger partial charge is 0.256 e. The van der Waals surface area contributed by atoms with E-state index in [-0.39, 0.29) is 5.91 Å². The molecular weight excluding hydrogens is 336 g/mol. The molecule has 3 N–H and O–H groups in total. The highest BCUT2D eigenvalue weighted by Gasteiger charge is 2.11. The van der Waals surface area contributed by atoms with E-state index in [1.165, 1.54) is 0 Å². The quantitative estimate of drug-likeness (QED) is 0.832. The van der Waals surface area contributed by atoms with Gasteiger partial charge in [-0.05, 0) is 58.7 Å². The zero-order chi connectivity index (χ0) is 14.7. The van der Waals surface area contributed by atoms with Crippen LogP contribution in [0.3, 0.4) is 0 Å². The molecule has 0 radical (unpaired) electrons. The number of amides is 1. The van der Waals surface area contributed by atoms with Gasteiger partial charge in [-0.25, -0.2) is 0 Å². The summed E-state index contributed by atoms with van der Waals surface area (Å²) >= 11 is 8.32. The molecule has 0 aliphatic rings. The molecule has 3 nitrogen and oxygen atoms in total. The van der Waals surface area contributed by atoms with E-state index >= 15 is 0 Å². The molecular formula is C15H13BrN2OS. The number of halogens is 1. The van der Waals surface area contributed by atoms with Crippen molar-refractivity contribution < 1.29 is 4.79 Å². The number of carbonyl (C=O) groups excluding carboxylic acids is 1. The Morgan fingerprint density at radius 2 is 1.85 bits per heavy atom. The summed E-state index contributed by atoms with van der Waals surface area (Å²) in [5, 5.41) is 2.84. The first-order valence-electron chi connectivity index (χ1n) is 5.95. The summed E-state index contributed by atoms with van der Waals surface area (Å²) in [6.07, 6.45) is 0. The third-order valence-electron chi connectivity index (χ3n) is 2.86. The lowest BCUT2D eigenvalue weighted by Gasteiger charge is -2.09. The fourth-order valence-electron chi connectivity index (χ4n) is 1.74. The molecule has 0 unspecified atom stereocenters. The number of aryl methyl sites for hydroxylation is 1. The third kappa shape index (κ3) is 3.23. The molecule has 0 saturated heterocycles. The van der Waals surface area contributed by atoms with Crippen LogP contribution in [0.15, 0.2) is 46.9 Å². The Balaban J connectivity index is 2.19. The number of benzene rings is 2. The third-order valence-corrected chi connectivity index (χ3v) is 4.15. The first kappa shape index (κ1) is 14.7. The molecule has 0 saturated carbocycles. The van der Waals surface area contributed by atoms with Crippen molar-refractivity contribution in [3.05, 3.63) is 63.6 Å². The minimum Gasteiger partial charge on any atom is -0.389 e. The van der Waals surface area contributed by atoms with Gasteiger partial charge in [0.15, 0.2) is 0 Å². The lowest BCUT2D eigenvalue weighted by atomic mass is 10.1. The van der Waals surface area contributed by atoms with E-state index in [2.05, 4.69) is 21.2 Å². The van der Waals surface area contributed by atoms with Crippen molar-refractivity contribution in [1.29, 1.82) is 0 Å². The van der Waals surface area contributed by atoms with Crippen molar-refractivity contribution in [2.24, 2.45) is 5.73 Å². The molecule has 0 fully saturated rings. The van der Waals surface area contributed by atoms with Crippen molar-refractivity contribution in [3.63, 3.8) is 0 Å². The van der Waals surface area contributed by atoms with Gasteiger partial charge in [-0.15, -0.1) is 0 Å². The molecule has 0 aromatic heterocycles. The fourth-order valence-corrected chi connectivity index (χ4v) is 2.32. The van der Waals surface area contributed by atoms with E-state index in [1.54, 1.807) is 30.3 Å². The predicted molar refractivity (Wildman–Crippen MR) is 89.2 cm³/mol. The normalized spacial score (nSPS) is 10.1. The number of rotatable bonds is 3. The molecule has 102 valence electrons. The van der Waals surface area contributed by atoms with Crippen LogP contribution in [0.2, 0.25) is 0 Å². The second-order valence-electron chi connectivity index (χ2n) is 4.33. The van der Waals surface area contributed by atoms with Crippen LogP contribution >= 0.6 is 28.1 Å². The number of hydrogen-bond donors (Lipinski definition) is 2. The summed E-state index contributed by atoms with van der Waals surface area (Å²) in [7, 11) is 0. The van der Waals surface area contributed by atoms with E-state index in [9.17, 15) is 4.79 Å². The molecule has 0 spiro atoms. The van der Waals surface area contributed by atoms with Gasteiger partial charge < -0.3 is 11.1 Å². The van der Waals surface area contributed by atoms with Crippen molar-refractivity contribution in [2.45, 2.75) is 6.92 Å². The predicted octanol–water partition coefficient (Wildman–Crippen LogP) is 3.64. The number of thiocarbonyl (C=S) groups is 1. The van der Waals surface area contributed by atoms with Gasteiger partial charge in [-0.3, -0.25) is 4.79 Å². The molecule has 0 aliphatic carbocycles. The number of nitrogens with two attached hydrogens (primary N) is 1. The number of hydrogen-bond acceptors (Lipinski definition) is 2. The average molecular weight is 349 g/mol. The second kappa shape index (κ2) is 6.15. The van der Waals surface area contributed by atoms with Gasteiger partial charge in [0.2, 0.25) is 0 Å². The van der Waals surface area contributed by atoms with Crippen LogP contribution in [-0.4, -0.2) is 10.9 Å². The summed E-state index contributed by atoms with van der Waals surface area (Å²) in [6, 6.07) is 12.7. The maximum atomic E-state index is 12.2. The van der Waals surface area contributed by atoms with Crippen molar-refractivity contribution in [2.75, 3.05) is 5.32 Å². The first-order chi connectivity index (χ1) is 9.49. The summed E-state index contributed by atoms with van der Waals surface area (Å²) in [5.74, 6) is -0.163. The van der Waals surface area contributed by atoms with Crippen LogP contribution in [0.25, 0.3) is 0 Å². The first-order valence-corrected chi connectivity index (χ1v) is 7.15. The standard InChI is InChI=1S/C15H13BrN2OS/c1-9-3-2-4-12(13(9)16)15(19)18-11-7-5-10(6-8-11)14(17)20/h2-8H,1H3,(H2,17,20)(H,18,19). The van der Waals surface area contributed by atoms with Crippen molar-refractivity contribution >= 4 is 44.7 Å². The SMILES string of the molecule is Cc1cccc(C(=O)Nc2ccc(C(N)=S)cc2)c1Br. The highest BCUT2D eigenvalue weighted by molar-refractivity contribution is 9.10. The van der Waals surface area contributed by atoms with Gasteiger partial charge in [0, 0.05) is 15.7 Å². The number of anilines is 1. The Bertz CT molecular complexity index is 668. The second-order valence-corrected chi connectivity index (χ2v) is 5.57. The van der Waals surface area contributed by atoms with Gasteiger partial charge in [0.25, 0.3) is 5.91 Å². The topological polar surface area (TPSA) is 55.1 Å². The Kier molecular flexibility index (Phi) is 4.52. The van der Waals surface area contributed by atoms with Gasteiger partial charge in [-0.1, -0.05) is 24.4 Å². The molecule has 5 heteroatoms. The van der Waals surface area contributed by atoms with Gasteiger partial charge in [-0.2, -0.15) is 0 Å². The summed E-state index contributed by atoms with van der Waals surface area (Å²) in [4.78, 5) is 12.6. The van der Waals surface area contributed by atoms with Crippen LogP contribution in [-0.2, 0) is 0 Å². The largest absolute Gasteiger partial charge is 0.389 e. The molecule has 0 heterocycles. The van der Waals surface area contributed by atoms with Crippen LogP contribution in [0.1, 0.15) is 21.5 Å². The zero-order valence-corrected chi connectivity index (χ0v) is 13.2. The Morgan fingerprint density at radius 3 is 2.45 bits per heavy atom. The summed E-state index contributed by atoms with van der Waals surface area (Å²) < 4.78 is 0.803. The molecule has 20 heavy (non-hydrogen) atoms. The lowest BCUT2D eigenvalue weighted by Crippen LogP contribution is -2.13. The molecule has 2 aromatic carbocycles. The van der Waals surface area contributed by atoms with Crippen LogP contribution < -0.4 is 11.1 Å². The zero-order valence-electron chi connectivity index (χ0n) is 10.8. The summed E-state index contributed by atoms with van der Waals surface area (Å²) in [6.45, 7) is 1.94. The fraction of sp³-hybridized carbons (Fsp3) is 0.0667. The highest BCUT2D eigenvalue weighted by atomic mass is 79.9. The maximum absolute atomic E-state index is 12.2. The Labute approximate surface area is 131 Å². The minimum absolute atomic E-state index is 0.163. The Morgan fingerprint density at radius 1 is 1.20 bits per heavy atom. The van der Waals surface area contributed by atoms with E-state index in [4.69, 9.17) is 18.0 Å². The van der Waals surface area contributed by atoms with Gasteiger partial charge >= 0.3 is 0 Å². The Hall–Kier alpha value is -1.72. The van der Waals surface area contributed by atoms with Gasteiger partial charge in [0.05, 0.1) is 5.56 Å². The minimum atomic E-state index is -0.163. The van der Waals surface area contributed by atoms with Gasteiger partial charge in [0.1, 0.15) is 4.99 Å². The maximum Gasteiger partial charge on any atom is 0.256 e. The summed E-state index contributed by atoms with van der Waals surface area (Å²) in [5.41, 5.74) is 8.62. The average Bonchev–Trinajstić information content (AvgIpc) is 2.42. The van der Waals surface area contributed by atoms with E-state index in [0.717, 1.165) is 15.6 Å². The van der Waals surface area contributed by atoms with Crippen molar-refractivity contribution in [3.8, 4) is 0 Å². The number of carbonyl (C=O) groups is 1. The van der Waals surface area contributed by atoms with Crippen LogP contribution in [0, 0.1) is 6.92 Å². The van der Waals surface area contributed by atoms with E-state index in [1.807, 2.05) is 19.1 Å². The molecule has 0 atom stereocenters.